The number of aldehydes is 3. The standard InChI is InChI=1S/C6H6Cl2N2O2.C6H6Cl2N2O.C6H6F2N2O2.2C6H6F2N2O.C4H8Cl2N2.C3H4Cl2O.C2H5I.C2H6.3CH3I.CH6N2.3CH4.3HI.V/c1-10-2-3(6(11)12)4(9-10)5(7)8;1-10-2-4(3-11)5(9-10)6(7)8;1-10-2-3(6(11)12)4(9-10)5(7)8;2*1-10-2-4(3-11)5(9-10)6(7)8;1-3(4(5)6)8-7-2;1-2(6)3(4)5;1-2-3;4*1-2;1-3-2;;;;;;;/h2,5H,1H3,(H,11,12);2-3,6H,1H3;2,5H,1H3,(H,11,12);2*2-3,6H,1H3;4,7H,1-2H3;3H,1H3;2H2,1H3;1-2H3;3*1H3;3H,2H2,1H3;3*1H4;3*1H;/q;;;;;;;;;;;;;;;;;;;+3/p-3. The molecule has 0 unspecified atom stereocenters. The van der Waals surface area contributed by atoms with E-state index < -0.39 is 73.2 Å². The predicted molar refractivity (Wildman–Crippen MR) is 425 cm³/mol. The molecule has 0 aliphatic heterocycles. The summed E-state index contributed by atoms with van der Waals surface area (Å²) in [5.74, 6) is 1.92. The molecule has 0 aliphatic rings. The summed E-state index contributed by atoms with van der Waals surface area (Å²) in [5.41, 5.74) is 4.39. The van der Waals surface area contributed by atoms with Gasteiger partial charge in [-0.15, -0.1) is 0 Å². The first-order valence-corrected chi connectivity index (χ1v) is 47.9. The van der Waals surface area contributed by atoms with Crippen molar-refractivity contribution in [1.29, 1.82) is 0 Å². The third-order valence-corrected chi connectivity index (χ3v) is 9.24. The Morgan fingerprint density at radius 3 is 0.902 bits per heavy atom. The number of hydrazone groups is 1. The van der Waals surface area contributed by atoms with Crippen LogP contribution in [-0.2, 0) is 45.0 Å². The van der Waals surface area contributed by atoms with Crippen LogP contribution in [-0.4, -0.2) is 144 Å². The molecule has 44 heteroatoms. The number of nitrogens with zero attached hydrogens (tertiary/aromatic N) is 11. The average molecular weight is 2320 g/mol. The third-order valence-electron chi connectivity index (χ3n) is 7.16. The number of nitrogens with two attached hydrogens (primary N) is 1. The topological polar surface area (TPSA) is 294 Å². The Balaban J connectivity index is -0.0000000778. The summed E-state index contributed by atoms with van der Waals surface area (Å²) in [6, 6.07) is 0. The number of hydrazine groups is 1. The Labute approximate surface area is 668 Å². The molecule has 0 bridgehead atoms. The van der Waals surface area contributed by atoms with Crippen LogP contribution in [0.25, 0.3) is 0 Å². The second kappa shape index (κ2) is 77.4. The Morgan fingerprint density at radius 1 is 0.554 bits per heavy atom. The number of carboxylic acid groups (broad SMARTS) is 2. The number of carboxylic acids is 2. The number of ketones is 1. The SMILES string of the molecule is C.C.C.CC.CC(=O)C(Cl)Cl.CCI.CI.CI.CI.CNN.CNN=C(C)C(Cl)Cl.Cn1cc(C(=O)O)c(C(Cl)Cl)n1.Cn1cc(C(=O)O)c(C(F)F)n1.Cn1cc(C=O)c(C(Cl)Cl)n1.Cn1cc(C=O)c(C(F)F)n1.Cn1cc(C=O)c(C(F)F)n1.[I][V]([I])[I]. The van der Waals surface area contributed by atoms with Crippen LogP contribution in [0.5, 0.6) is 0 Å². The molecular formula is C48H80Cl8F6I7N14O8V. The monoisotopic (exact) mass is 2310 g/mol. The quantitative estimate of drug-likeness (QED) is 0.0139. The molecule has 6 N–H and O–H groups in total. The van der Waals surface area contributed by atoms with E-state index in [1.165, 1.54) is 69.8 Å². The molecule has 0 spiro atoms. The van der Waals surface area contributed by atoms with E-state index in [2.05, 4.69) is 205 Å². The molecule has 5 heterocycles. The first-order chi connectivity index (χ1) is 41.4. The average Bonchev–Trinajstić information content (AvgIpc) is 2.03. The minimum absolute atomic E-state index is 0. The van der Waals surface area contributed by atoms with Crippen LogP contribution in [0, 0.1) is 0 Å². The molecule has 0 saturated carbocycles. The third kappa shape index (κ3) is 65.3. The number of rotatable bonds is 13. The van der Waals surface area contributed by atoms with Gasteiger partial charge in [-0.1, -0.05) is 226 Å². The zero-order valence-electron chi connectivity index (χ0n) is 49.6. The van der Waals surface area contributed by atoms with Gasteiger partial charge >= 0.3 is 76.8 Å². The van der Waals surface area contributed by atoms with Gasteiger partial charge in [0.1, 0.15) is 44.4 Å². The van der Waals surface area contributed by atoms with Crippen molar-refractivity contribution in [1.82, 2.24) is 59.8 Å². The maximum absolute atomic E-state index is 12.1. The van der Waals surface area contributed by atoms with Crippen molar-refractivity contribution < 1.29 is 70.2 Å². The van der Waals surface area contributed by atoms with Gasteiger partial charge in [0.15, 0.2) is 39.2 Å². The van der Waals surface area contributed by atoms with Gasteiger partial charge in [-0.05, 0) is 40.1 Å². The van der Waals surface area contributed by atoms with E-state index in [9.17, 15) is 55.1 Å². The minimum atomic E-state index is -2.85. The van der Waals surface area contributed by atoms with E-state index in [1.54, 1.807) is 41.3 Å². The second-order valence-electron chi connectivity index (χ2n) is 13.5. The second-order valence-corrected chi connectivity index (χ2v) is 54.8. The number of Topliss-reactive ketones (excluding diaryl/α,β-unsaturated/α-hetero) is 1. The van der Waals surface area contributed by atoms with Gasteiger partial charge in [0.05, 0.1) is 22.4 Å². The fraction of sp³-hybridized carbons (Fsp3) is 0.542. The van der Waals surface area contributed by atoms with Crippen LogP contribution < -0.4 is 16.7 Å². The van der Waals surface area contributed by atoms with E-state index in [1.807, 2.05) is 28.6 Å². The molecule has 92 heavy (non-hydrogen) atoms. The number of hydrogen-bond acceptors (Lipinski definition) is 15. The summed E-state index contributed by atoms with van der Waals surface area (Å²) >= 11 is 59.0. The Hall–Kier alpha value is 0.654. The number of aromatic nitrogens is 10. The molecule has 0 aromatic carbocycles. The maximum atomic E-state index is 12.1. The molecule has 0 radical (unpaired) electrons. The van der Waals surface area contributed by atoms with Crippen molar-refractivity contribution >= 4 is 285 Å². The van der Waals surface area contributed by atoms with Crippen molar-refractivity contribution in [3.8, 4) is 0 Å². The van der Waals surface area contributed by atoms with Crippen LogP contribution in [0.3, 0.4) is 0 Å². The summed E-state index contributed by atoms with van der Waals surface area (Å²) in [6.45, 7) is 9.20. The van der Waals surface area contributed by atoms with Gasteiger partial charge in [-0.2, -0.15) is 30.6 Å². The number of alkyl halides is 18. The van der Waals surface area contributed by atoms with Crippen molar-refractivity contribution in [2.75, 3.05) is 33.3 Å². The molecule has 0 atom stereocenters. The fourth-order valence-corrected chi connectivity index (χ4v) is 5.00. The Morgan fingerprint density at radius 2 is 0.761 bits per heavy atom. The van der Waals surface area contributed by atoms with Gasteiger partial charge in [-0.3, -0.25) is 53.9 Å². The molecular weight excluding hydrogens is 2240 g/mol. The molecule has 5 rings (SSSR count). The molecule has 0 saturated heterocycles. The first kappa shape index (κ1) is 120. The summed E-state index contributed by atoms with van der Waals surface area (Å²) in [7, 11) is 11.0. The molecule has 0 amide bonds. The normalized spacial score (nSPS) is 9.29. The van der Waals surface area contributed by atoms with Crippen molar-refractivity contribution in [2.24, 2.45) is 46.2 Å². The number of carbonyl (C=O) groups excluding carboxylic acids is 4. The zero-order valence-corrected chi connectivity index (χ0v) is 72.1. The molecule has 5 aromatic heterocycles. The Bertz CT molecular complexity index is 2440. The fourth-order valence-electron chi connectivity index (χ4n) is 4.24. The van der Waals surface area contributed by atoms with E-state index in [-0.39, 0.29) is 55.4 Å². The van der Waals surface area contributed by atoms with Crippen LogP contribution in [0.2, 0.25) is 0 Å². The van der Waals surface area contributed by atoms with E-state index >= 15 is 0 Å². The van der Waals surface area contributed by atoms with Gasteiger partial charge in [0.2, 0.25) is 0 Å². The summed E-state index contributed by atoms with van der Waals surface area (Å²) in [4.78, 5) is 64.1. The van der Waals surface area contributed by atoms with Crippen molar-refractivity contribution in [3.05, 3.63) is 87.3 Å². The zero-order chi connectivity index (χ0) is 72.6. The number of halogens is 21. The van der Waals surface area contributed by atoms with Gasteiger partial charge < -0.3 is 15.6 Å². The Kier molecular flexibility index (Phi) is 101. The first-order valence-electron chi connectivity index (χ1n) is 22.9. The molecule has 22 nitrogen and oxygen atoms in total. The van der Waals surface area contributed by atoms with Gasteiger partial charge in [0, 0.05) is 73.3 Å². The number of aromatic carboxylic acids is 2. The molecule has 5 aromatic rings. The van der Waals surface area contributed by atoms with Crippen LogP contribution in [0.1, 0.15) is 166 Å². The molecule has 0 fully saturated rings. The van der Waals surface area contributed by atoms with E-state index in [4.69, 9.17) is 103 Å². The van der Waals surface area contributed by atoms with Crippen LogP contribution in [0.4, 0.5) is 26.3 Å². The van der Waals surface area contributed by atoms with E-state index in [0.717, 1.165) is 10.9 Å². The number of hydrogen-bond donors (Lipinski definition) is 5. The molecule has 0 aliphatic carbocycles. The van der Waals surface area contributed by atoms with Gasteiger partial charge in [0.25, 0.3) is 19.3 Å². The van der Waals surface area contributed by atoms with Gasteiger partial charge in [-0.25, -0.2) is 35.9 Å². The van der Waals surface area contributed by atoms with E-state index in [0.29, 0.717) is 35.8 Å². The number of carbonyl (C=O) groups is 6. The number of nitrogens with one attached hydrogen (secondary N) is 2. The summed E-state index contributed by atoms with van der Waals surface area (Å²) in [6.07, 6.45) is -0.309. The predicted octanol–water partition coefficient (Wildman–Crippen LogP) is 18.7. The summed E-state index contributed by atoms with van der Waals surface area (Å²) in [5, 5.41) is 38.7. The van der Waals surface area contributed by atoms with Crippen LogP contribution in [0.15, 0.2) is 36.1 Å². The number of aryl methyl sites for hydroxylation is 5. The van der Waals surface area contributed by atoms with Crippen molar-refractivity contribution in [2.45, 2.75) is 95.5 Å². The van der Waals surface area contributed by atoms with Crippen LogP contribution >= 0.6 is 243 Å². The van der Waals surface area contributed by atoms with Crippen molar-refractivity contribution in [3.63, 3.8) is 0 Å². The molecule has 542 valence electrons. The summed E-state index contributed by atoms with van der Waals surface area (Å²) < 4.78 is 79.6.